The topological polar surface area (TPSA) is 56.7 Å². The third-order valence-corrected chi connectivity index (χ3v) is 6.09. The summed E-state index contributed by atoms with van der Waals surface area (Å²) in [5, 5.41) is 4.10. The van der Waals surface area contributed by atoms with E-state index in [0.717, 1.165) is 42.9 Å². The third-order valence-electron chi connectivity index (χ3n) is 5.31. The van der Waals surface area contributed by atoms with Gasteiger partial charge in [-0.25, -0.2) is 0 Å². The largest absolute Gasteiger partial charge is 0.361 e. The van der Waals surface area contributed by atoms with Crippen LogP contribution in [0.4, 0.5) is 0 Å². The van der Waals surface area contributed by atoms with Gasteiger partial charge in [-0.05, 0) is 73.4 Å². The lowest BCUT2D eigenvalue weighted by Gasteiger charge is -2.19. The molecule has 0 aromatic carbocycles. The molecule has 5 rings (SSSR count). The van der Waals surface area contributed by atoms with Gasteiger partial charge in [-0.3, -0.25) is 9.97 Å². The highest BCUT2D eigenvalue weighted by Crippen LogP contribution is 2.45. The molecule has 1 saturated carbocycles. The van der Waals surface area contributed by atoms with E-state index < -0.39 is 0 Å². The summed E-state index contributed by atoms with van der Waals surface area (Å²) in [7, 11) is 0. The molecule has 0 unspecified atom stereocenters. The minimum Gasteiger partial charge on any atom is -0.361 e. The summed E-state index contributed by atoms with van der Waals surface area (Å²) in [6.45, 7) is 3.92. The Hall–Kier alpha value is -2.22. The van der Waals surface area contributed by atoms with Gasteiger partial charge in [0.15, 0.2) is 0 Å². The normalized spacial score (nSPS) is 15.4. The standard InChI is InChI=1S/C21H19IN4O/c1-12-19(13(2)27-25-12)15-9-18-20(24-10-15)16(22)11-26(18)21(14-6-7-14)17-5-3-4-8-23-17/h3-5,8-11,14,21H,6-7H2,1-2H3/t21-/m1/s1. The number of aryl methyl sites for hydroxylation is 2. The Morgan fingerprint density at radius 3 is 2.74 bits per heavy atom. The molecule has 1 aliphatic carbocycles. The second-order valence-electron chi connectivity index (χ2n) is 7.21. The first-order valence-electron chi connectivity index (χ1n) is 9.13. The van der Waals surface area contributed by atoms with Gasteiger partial charge in [0, 0.05) is 29.7 Å². The highest BCUT2D eigenvalue weighted by molar-refractivity contribution is 14.1. The van der Waals surface area contributed by atoms with E-state index in [4.69, 9.17) is 9.51 Å². The highest BCUT2D eigenvalue weighted by Gasteiger charge is 2.35. The highest BCUT2D eigenvalue weighted by atomic mass is 127. The van der Waals surface area contributed by atoms with Gasteiger partial charge >= 0.3 is 0 Å². The molecule has 0 spiro atoms. The molecule has 0 aliphatic heterocycles. The molecule has 1 fully saturated rings. The van der Waals surface area contributed by atoms with Crippen molar-refractivity contribution in [1.29, 1.82) is 0 Å². The molecule has 5 nitrogen and oxygen atoms in total. The molecule has 4 aromatic heterocycles. The average molecular weight is 470 g/mol. The molecule has 0 N–H and O–H groups in total. The molecule has 1 atom stereocenters. The maximum Gasteiger partial charge on any atom is 0.141 e. The van der Waals surface area contributed by atoms with Gasteiger partial charge in [0.05, 0.1) is 26.5 Å². The van der Waals surface area contributed by atoms with Crippen LogP contribution in [0.2, 0.25) is 0 Å². The molecule has 136 valence electrons. The number of aromatic nitrogens is 4. The van der Waals surface area contributed by atoms with Crippen molar-refractivity contribution in [3.63, 3.8) is 0 Å². The number of nitrogens with zero attached hydrogens (tertiary/aromatic N) is 4. The van der Waals surface area contributed by atoms with Gasteiger partial charge in [0.25, 0.3) is 0 Å². The lowest BCUT2D eigenvalue weighted by molar-refractivity contribution is 0.393. The number of halogens is 1. The Kier molecular flexibility index (Phi) is 4.03. The predicted molar refractivity (Wildman–Crippen MR) is 113 cm³/mol. The lowest BCUT2D eigenvalue weighted by atomic mass is 10.0. The number of pyridine rings is 2. The van der Waals surface area contributed by atoms with Crippen molar-refractivity contribution in [3.8, 4) is 11.1 Å². The maximum absolute atomic E-state index is 5.37. The molecule has 6 heteroatoms. The van der Waals surface area contributed by atoms with Crippen LogP contribution in [0, 0.1) is 23.3 Å². The molecule has 1 aliphatic rings. The molecular weight excluding hydrogens is 451 g/mol. The molecule has 27 heavy (non-hydrogen) atoms. The van der Waals surface area contributed by atoms with Crippen LogP contribution < -0.4 is 0 Å². The van der Waals surface area contributed by atoms with E-state index in [-0.39, 0.29) is 6.04 Å². The summed E-state index contributed by atoms with van der Waals surface area (Å²) in [5.74, 6) is 1.46. The Balaban J connectivity index is 1.71. The number of hydrogen-bond acceptors (Lipinski definition) is 4. The minimum atomic E-state index is 0.249. The summed E-state index contributed by atoms with van der Waals surface area (Å²) < 4.78 is 8.89. The maximum atomic E-state index is 5.37. The van der Waals surface area contributed by atoms with Crippen LogP contribution in [0.5, 0.6) is 0 Å². The van der Waals surface area contributed by atoms with Crippen molar-refractivity contribution in [3.05, 3.63) is 63.6 Å². The average Bonchev–Trinajstić information content (AvgIpc) is 3.38. The number of fused-ring (bicyclic) bond motifs is 1. The summed E-state index contributed by atoms with van der Waals surface area (Å²) in [4.78, 5) is 9.44. The Labute approximate surface area is 170 Å². The van der Waals surface area contributed by atoms with E-state index in [1.165, 1.54) is 12.8 Å². The van der Waals surface area contributed by atoms with E-state index >= 15 is 0 Å². The van der Waals surface area contributed by atoms with E-state index in [1.807, 2.05) is 32.3 Å². The first-order valence-corrected chi connectivity index (χ1v) is 10.2. The molecule has 0 radical (unpaired) electrons. The summed E-state index contributed by atoms with van der Waals surface area (Å²) in [5.41, 5.74) is 6.27. The van der Waals surface area contributed by atoms with Crippen molar-refractivity contribution < 1.29 is 4.52 Å². The Morgan fingerprint density at radius 1 is 1.22 bits per heavy atom. The second kappa shape index (κ2) is 6.44. The Bertz CT molecular complexity index is 1110. The molecule has 0 bridgehead atoms. The zero-order valence-corrected chi connectivity index (χ0v) is 17.3. The van der Waals surface area contributed by atoms with Crippen LogP contribution in [-0.4, -0.2) is 19.7 Å². The van der Waals surface area contributed by atoms with Crippen LogP contribution in [0.15, 0.2) is 47.4 Å². The van der Waals surface area contributed by atoms with Crippen molar-refractivity contribution in [2.45, 2.75) is 32.7 Å². The first kappa shape index (κ1) is 16.9. The molecule has 4 aromatic rings. The fraction of sp³-hybridized carbons (Fsp3) is 0.286. The molecule has 0 saturated heterocycles. The van der Waals surface area contributed by atoms with Crippen LogP contribution >= 0.6 is 22.6 Å². The van der Waals surface area contributed by atoms with Gasteiger partial charge in [-0.1, -0.05) is 11.2 Å². The van der Waals surface area contributed by atoms with Crippen LogP contribution in [0.25, 0.3) is 22.2 Å². The van der Waals surface area contributed by atoms with Gasteiger partial charge in [-0.15, -0.1) is 0 Å². The van der Waals surface area contributed by atoms with Crippen molar-refractivity contribution >= 4 is 33.6 Å². The molecular formula is C21H19IN4O. The summed E-state index contributed by atoms with van der Waals surface area (Å²) in [6.07, 6.45) is 8.51. The van der Waals surface area contributed by atoms with Crippen molar-refractivity contribution in [2.75, 3.05) is 0 Å². The zero-order valence-electron chi connectivity index (χ0n) is 15.2. The third kappa shape index (κ3) is 2.86. The number of rotatable bonds is 4. The predicted octanol–water partition coefficient (Wildman–Crippen LogP) is 5.31. The Morgan fingerprint density at radius 2 is 2.07 bits per heavy atom. The zero-order chi connectivity index (χ0) is 18.5. The summed E-state index contributed by atoms with van der Waals surface area (Å²) >= 11 is 2.38. The quantitative estimate of drug-likeness (QED) is 0.380. The lowest BCUT2D eigenvalue weighted by Crippen LogP contribution is -2.13. The van der Waals surface area contributed by atoms with Crippen molar-refractivity contribution in [1.82, 2.24) is 19.7 Å². The van der Waals surface area contributed by atoms with Crippen molar-refractivity contribution in [2.24, 2.45) is 5.92 Å². The fourth-order valence-electron chi connectivity index (χ4n) is 3.92. The fourth-order valence-corrected chi connectivity index (χ4v) is 4.64. The molecule has 0 amide bonds. The van der Waals surface area contributed by atoms with E-state index in [9.17, 15) is 0 Å². The second-order valence-corrected chi connectivity index (χ2v) is 8.37. The van der Waals surface area contributed by atoms with Gasteiger partial charge < -0.3 is 9.09 Å². The van der Waals surface area contributed by atoms with Gasteiger partial charge in [0.1, 0.15) is 11.3 Å². The minimum absolute atomic E-state index is 0.249. The monoisotopic (exact) mass is 470 g/mol. The van der Waals surface area contributed by atoms with Gasteiger partial charge in [0.2, 0.25) is 0 Å². The van der Waals surface area contributed by atoms with Crippen LogP contribution in [-0.2, 0) is 0 Å². The number of hydrogen-bond donors (Lipinski definition) is 0. The van der Waals surface area contributed by atoms with Gasteiger partial charge in [-0.2, -0.15) is 0 Å². The van der Waals surface area contributed by atoms with Crippen LogP contribution in [0.1, 0.15) is 36.0 Å². The first-order chi connectivity index (χ1) is 13.1. The van der Waals surface area contributed by atoms with E-state index in [0.29, 0.717) is 5.92 Å². The molecule has 4 heterocycles. The van der Waals surface area contributed by atoms with E-state index in [1.54, 1.807) is 0 Å². The summed E-state index contributed by atoms with van der Waals surface area (Å²) in [6, 6.07) is 8.64. The van der Waals surface area contributed by atoms with E-state index in [2.05, 4.69) is 61.7 Å². The van der Waals surface area contributed by atoms with Crippen LogP contribution in [0.3, 0.4) is 0 Å². The smallest absolute Gasteiger partial charge is 0.141 e. The SMILES string of the molecule is Cc1noc(C)c1-c1cnc2c(I)cn([C@@H](c3ccccn3)C3CC3)c2c1.